The van der Waals surface area contributed by atoms with E-state index < -0.39 is 17.6 Å². The molecule has 0 bridgehead atoms. The zero-order valence-electron chi connectivity index (χ0n) is 16.9. The van der Waals surface area contributed by atoms with Crippen LogP contribution < -0.4 is 10.6 Å². The molecule has 4 rings (SSSR count). The first-order chi connectivity index (χ1) is 14.3. The van der Waals surface area contributed by atoms with Gasteiger partial charge in [0.05, 0.1) is 17.3 Å². The molecule has 3 atom stereocenters. The van der Waals surface area contributed by atoms with Crippen LogP contribution in [-0.4, -0.2) is 55.3 Å². The molecule has 5 nitrogen and oxygen atoms in total. The lowest BCUT2D eigenvalue weighted by Crippen LogP contribution is -2.55. The smallest absolute Gasteiger partial charge is 0.331 e. The summed E-state index contributed by atoms with van der Waals surface area (Å²) in [6.07, 6.45) is -0.504. The minimum absolute atomic E-state index is 0.107. The molecule has 0 saturated carbocycles. The van der Waals surface area contributed by atoms with Crippen molar-refractivity contribution < 1.29 is 17.6 Å². The first-order valence-electron chi connectivity index (χ1n) is 10.1. The van der Waals surface area contributed by atoms with Crippen LogP contribution in [0.1, 0.15) is 37.3 Å². The molecule has 0 radical (unpaired) electrons. The second-order valence-corrected chi connectivity index (χ2v) is 8.15. The van der Waals surface area contributed by atoms with Gasteiger partial charge >= 0.3 is 6.18 Å². The third-order valence-corrected chi connectivity index (χ3v) is 5.71. The van der Waals surface area contributed by atoms with Crippen LogP contribution >= 0.6 is 0 Å². The third-order valence-electron chi connectivity index (χ3n) is 5.71. The van der Waals surface area contributed by atoms with Crippen LogP contribution in [0.4, 0.5) is 17.6 Å². The first-order valence-corrected chi connectivity index (χ1v) is 10.1. The minimum atomic E-state index is -4.71. The van der Waals surface area contributed by atoms with Crippen molar-refractivity contribution in [2.75, 3.05) is 19.6 Å². The summed E-state index contributed by atoms with van der Waals surface area (Å²) in [5.41, 5.74) is 1.37. The maximum atomic E-state index is 14.3. The van der Waals surface area contributed by atoms with Gasteiger partial charge in [0, 0.05) is 44.0 Å². The van der Waals surface area contributed by atoms with Crippen molar-refractivity contribution >= 4 is 12.4 Å². The average Bonchev–Trinajstić information content (AvgIpc) is 3.15. The second kappa shape index (κ2) is 8.11. The van der Waals surface area contributed by atoms with E-state index in [1.165, 1.54) is 6.07 Å². The van der Waals surface area contributed by atoms with Crippen molar-refractivity contribution in [3.8, 4) is 0 Å². The van der Waals surface area contributed by atoms with Gasteiger partial charge in [0.15, 0.2) is 6.29 Å². The summed E-state index contributed by atoms with van der Waals surface area (Å²) in [5, 5.41) is 6.75. The summed E-state index contributed by atoms with van der Waals surface area (Å²) in [7, 11) is 0. The highest BCUT2D eigenvalue weighted by molar-refractivity contribution is 5.93. The highest BCUT2D eigenvalue weighted by Gasteiger charge is 2.41. The van der Waals surface area contributed by atoms with E-state index >= 15 is 0 Å². The molecule has 2 N–H and O–H groups in total. The van der Waals surface area contributed by atoms with Gasteiger partial charge in [0.1, 0.15) is 5.82 Å². The number of halogens is 4. The van der Waals surface area contributed by atoms with E-state index in [2.05, 4.69) is 20.5 Å². The van der Waals surface area contributed by atoms with Crippen LogP contribution in [0.2, 0.25) is 0 Å². The molecule has 0 spiro atoms. The summed E-state index contributed by atoms with van der Waals surface area (Å²) in [6.45, 7) is 5.93. The number of hydrogen-bond acceptors (Lipinski definition) is 5. The number of aliphatic imine (C=N–C) groups is 2. The van der Waals surface area contributed by atoms with Crippen molar-refractivity contribution in [1.29, 1.82) is 0 Å². The fourth-order valence-corrected chi connectivity index (χ4v) is 4.34. The van der Waals surface area contributed by atoms with E-state index in [0.29, 0.717) is 25.2 Å². The van der Waals surface area contributed by atoms with E-state index in [4.69, 9.17) is 4.99 Å². The molecule has 1 saturated heterocycles. The molecule has 1 aromatic carbocycles. The monoisotopic (exact) mass is 423 g/mol. The van der Waals surface area contributed by atoms with E-state index in [1.54, 1.807) is 0 Å². The molecule has 3 aliphatic heterocycles. The first kappa shape index (κ1) is 21.0. The zero-order valence-corrected chi connectivity index (χ0v) is 16.9. The van der Waals surface area contributed by atoms with Crippen molar-refractivity contribution in [2.45, 2.75) is 50.7 Å². The fourth-order valence-electron chi connectivity index (χ4n) is 4.34. The normalized spacial score (nSPS) is 26.6. The van der Waals surface area contributed by atoms with E-state index in [0.717, 1.165) is 29.8 Å². The van der Waals surface area contributed by atoms with Gasteiger partial charge in [0.25, 0.3) is 0 Å². The van der Waals surface area contributed by atoms with Crippen LogP contribution in [0, 0.1) is 5.82 Å². The Hall–Kier alpha value is -2.26. The largest absolute Gasteiger partial charge is 0.419 e. The molecule has 0 aromatic heterocycles. The zero-order chi connectivity index (χ0) is 21.5. The SMILES string of the molecule is CC(C)NC1N=CC2=C(C=NCC2)N1[C@@H]1CNC[C@H]1c1ccc(C(F)(F)F)c(F)c1. The molecule has 0 amide bonds. The predicted molar refractivity (Wildman–Crippen MR) is 108 cm³/mol. The summed E-state index contributed by atoms with van der Waals surface area (Å²) in [6, 6.07) is 3.32. The highest BCUT2D eigenvalue weighted by Crippen LogP contribution is 2.36. The third kappa shape index (κ3) is 4.00. The van der Waals surface area contributed by atoms with Crippen molar-refractivity contribution in [1.82, 2.24) is 15.5 Å². The van der Waals surface area contributed by atoms with Crippen molar-refractivity contribution in [3.05, 3.63) is 46.4 Å². The number of alkyl halides is 3. The summed E-state index contributed by atoms with van der Waals surface area (Å²) < 4.78 is 53.2. The van der Waals surface area contributed by atoms with Crippen LogP contribution in [0.3, 0.4) is 0 Å². The summed E-state index contributed by atoms with van der Waals surface area (Å²) in [5.74, 6) is -1.42. The van der Waals surface area contributed by atoms with Gasteiger partial charge in [-0.3, -0.25) is 15.3 Å². The molecule has 1 fully saturated rings. The number of nitrogens with zero attached hydrogens (tertiary/aromatic N) is 3. The number of nitrogens with one attached hydrogen (secondary N) is 2. The quantitative estimate of drug-likeness (QED) is 0.731. The number of benzene rings is 1. The summed E-state index contributed by atoms with van der Waals surface area (Å²) >= 11 is 0. The van der Waals surface area contributed by atoms with Crippen LogP contribution in [0.5, 0.6) is 0 Å². The van der Waals surface area contributed by atoms with Gasteiger partial charge in [0.2, 0.25) is 0 Å². The molecule has 162 valence electrons. The average molecular weight is 423 g/mol. The molecular weight excluding hydrogens is 398 g/mol. The van der Waals surface area contributed by atoms with Gasteiger partial charge in [-0.05, 0) is 43.5 Å². The number of hydrogen-bond donors (Lipinski definition) is 2. The van der Waals surface area contributed by atoms with Crippen LogP contribution in [0.25, 0.3) is 0 Å². The Labute approximate surface area is 173 Å². The fraction of sp³-hybridized carbons (Fsp3) is 0.524. The minimum Gasteiger partial charge on any atom is -0.331 e. The maximum Gasteiger partial charge on any atom is 0.419 e. The Morgan fingerprint density at radius 2 is 2.00 bits per heavy atom. The topological polar surface area (TPSA) is 52.0 Å². The Balaban J connectivity index is 1.69. The lowest BCUT2D eigenvalue weighted by Gasteiger charge is -2.43. The highest BCUT2D eigenvalue weighted by atomic mass is 19.4. The number of allylic oxidation sites excluding steroid dienone is 1. The van der Waals surface area contributed by atoms with E-state index in [1.807, 2.05) is 26.3 Å². The Bertz CT molecular complexity index is 890. The molecule has 3 heterocycles. The molecule has 3 aliphatic rings. The second-order valence-electron chi connectivity index (χ2n) is 8.15. The van der Waals surface area contributed by atoms with Crippen LogP contribution in [-0.2, 0) is 6.18 Å². The molecule has 1 unspecified atom stereocenters. The number of rotatable bonds is 4. The lowest BCUT2D eigenvalue weighted by molar-refractivity contribution is -0.140. The molecular formula is C21H25F4N5. The molecule has 1 aromatic rings. The van der Waals surface area contributed by atoms with Gasteiger partial charge in [-0.15, -0.1) is 0 Å². The van der Waals surface area contributed by atoms with Gasteiger partial charge in [-0.2, -0.15) is 13.2 Å². The molecule has 30 heavy (non-hydrogen) atoms. The lowest BCUT2D eigenvalue weighted by atomic mass is 9.91. The van der Waals surface area contributed by atoms with Gasteiger partial charge in [-0.1, -0.05) is 6.07 Å². The van der Waals surface area contributed by atoms with Crippen molar-refractivity contribution in [2.24, 2.45) is 9.98 Å². The Morgan fingerprint density at radius 3 is 2.70 bits per heavy atom. The predicted octanol–water partition coefficient (Wildman–Crippen LogP) is 3.30. The molecule has 0 aliphatic carbocycles. The maximum absolute atomic E-state index is 14.3. The van der Waals surface area contributed by atoms with Gasteiger partial charge < -0.3 is 10.2 Å². The Kier molecular flexibility index (Phi) is 5.67. The molecule has 9 heteroatoms. The number of dihydropyridines is 1. The standard InChI is InChI=1S/C21H25F4N5/c1-12(2)29-20-28-8-14-5-6-26-10-18(14)30(20)19-11-27-9-15(19)13-3-4-16(17(22)7-13)21(23,24)25/h3-4,7-8,10,12,15,19-20,27,29H,5-6,9,11H2,1-2H3/t15-,19+,20?/m0/s1. The van der Waals surface area contributed by atoms with Gasteiger partial charge in [-0.25, -0.2) is 4.39 Å². The summed E-state index contributed by atoms with van der Waals surface area (Å²) in [4.78, 5) is 11.3. The van der Waals surface area contributed by atoms with E-state index in [9.17, 15) is 17.6 Å². The Morgan fingerprint density at radius 1 is 1.20 bits per heavy atom. The van der Waals surface area contributed by atoms with Crippen LogP contribution in [0.15, 0.2) is 39.5 Å². The van der Waals surface area contributed by atoms with E-state index in [-0.39, 0.29) is 24.3 Å². The van der Waals surface area contributed by atoms with Crippen molar-refractivity contribution in [3.63, 3.8) is 0 Å².